The topological polar surface area (TPSA) is 52.6 Å². The second-order valence-electron chi connectivity index (χ2n) is 6.61. The number of halogens is 1. The normalized spacial score (nSPS) is 14.8. The molecule has 3 rings (SSSR count). The number of benzene rings is 2. The van der Waals surface area contributed by atoms with Gasteiger partial charge in [0.15, 0.2) is 0 Å². The van der Waals surface area contributed by atoms with Crippen molar-refractivity contribution in [3.05, 3.63) is 65.5 Å². The summed E-state index contributed by atoms with van der Waals surface area (Å²) in [5.41, 5.74) is 2.00. The van der Waals surface area contributed by atoms with Crippen molar-refractivity contribution in [2.75, 3.05) is 11.9 Å². The van der Waals surface area contributed by atoms with Crippen LogP contribution in [-0.2, 0) is 6.54 Å². The molecule has 0 aromatic heterocycles. The number of carbonyl (C=O) groups excluding carboxylic acids is 1. The molecule has 2 aromatic rings. The van der Waals surface area contributed by atoms with Crippen LogP contribution < -0.4 is 5.32 Å². The first-order chi connectivity index (χ1) is 12.1. The maximum Gasteiger partial charge on any atom is 0.322 e. The van der Waals surface area contributed by atoms with Crippen molar-refractivity contribution in [2.24, 2.45) is 5.92 Å². The van der Waals surface area contributed by atoms with Crippen LogP contribution in [0.2, 0.25) is 0 Å². The molecule has 0 bridgehead atoms. The molecule has 1 aliphatic rings. The highest BCUT2D eigenvalue weighted by Gasteiger charge is 2.37. The summed E-state index contributed by atoms with van der Waals surface area (Å²) < 4.78 is 14.0. The monoisotopic (exact) mass is 342 g/mol. The van der Waals surface area contributed by atoms with Crippen molar-refractivity contribution >= 4 is 11.7 Å². The second kappa shape index (κ2) is 7.66. The van der Waals surface area contributed by atoms with Gasteiger partial charge in [-0.15, -0.1) is 0 Å². The molecule has 2 amide bonds. The molecule has 2 N–H and O–H groups in total. The summed E-state index contributed by atoms with van der Waals surface area (Å²) >= 11 is 0. The first kappa shape index (κ1) is 17.4. The molecule has 2 aromatic carbocycles. The zero-order valence-corrected chi connectivity index (χ0v) is 14.3. The average Bonchev–Trinajstić information content (AvgIpc) is 3.44. The van der Waals surface area contributed by atoms with Crippen molar-refractivity contribution in [1.29, 1.82) is 0 Å². The van der Waals surface area contributed by atoms with E-state index in [1.54, 1.807) is 17.0 Å². The van der Waals surface area contributed by atoms with Crippen LogP contribution in [0, 0.1) is 18.7 Å². The third kappa shape index (κ3) is 4.37. The molecular formula is C20H23FN2O2. The summed E-state index contributed by atoms with van der Waals surface area (Å²) in [6, 6.07) is 13.6. The number of urea groups is 1. The number of carbonyl (C=O) groups is 1. The largest absolute Gasteiger partial charge is 0.394 e. The Labute approximate surface area is 147 Å². The number of nitrogens with zero attached hydrogens (tertiary/aromatic N) is 1. The molecule has 1 fully saturated rings. The summed E-state index contributed by atoms with van der Waals surface area (Å²) in [5, 5.41) is 12.5. The Morgan fingerprint density at radius 2 is 2.00 bits per heavy atom. The van der Waals surface area contributed by atoms with E-state index in [2.05, 4.69) is 5.32 Å². The number of hydrogen-bond donors (Lipinski definition) is 2. The highest BCUT2D eigenvalue weighted by molar-refractivity contribution is 5.89. The second-order valence-corrected chi connectivity index (χ2v) is 6.61. The van der Waals surface area contributed by atoms with Gasteiger partial charge in [-0.25, -0.2) is 9.18 Å². The van der Waals surface area contributed by atoms with Crippen LogP contribution in [0.1, 0.15) is 24.0 Å². The highest BCUT2D eigenvalue weighted by atomic mass is 19.1. The van der Waals surface area contributed by atoms with Crippen LogP contribution in [0.4, 0.5) is 14.9 Å². The lowest BCUT2D eigenvalue weighted by molar-refractivity contribution is 0.124. The summed E-state index contributed by atoms with van der Waals surface area (Å²) in [6.45, 7) is 2.13. The lowest BCUT2D eigenvalue weighted by atomic mass is 10.1. The lowest BCUT2D eigenvalue weighted by Gasteiger charge is -2.31. The quantitative estimate of drug-likeness (QED) is 0.835. The first-order valence-electron chi connectivity index (χ1n) is 8.57. The molecule has 25 heavy (non-hydrogen) atoms. The van der Waals surface area contributed by atoms with E-state index < -0.39 is 5.82 Å². The zero-order chi connectivity index (χ0) is 17.8. The van der Waals surface area contributed by atoms with E-state index in [-0.39, 0.29) is 24.4 Å². The molecule has 0 heterocycles. The predicted molar refractivity (Wildman–Crippen MR) is 95.7 cm³/mol. The van der Waals surface area contributed by atoms with Gasteiger partial charge in [-0.05, 0) is 48.9 Å². The molecule has 0 spiro atoms. The van der Waals surface area contributed by atoms with Crippen molar-refractivity contribution < 1.29 is 14.3 Å². The van der Waals surface area contributed by atoms with Gasteiger partial charge < -0.3 is 15.3 Å². The Morgan fingerprint density at radius 3 is 2.64 bits per heavy atom. The first-order valence-corrected chi connectivity index (χ1v) is 8.57. The zero-order valence-electron chi connectivity index (χ0n) is 14.3. The van der Waals surface area contributed by atoms with E-state index in [9.17, 15) is 14.3 Å². The average molecular weight is 342 g/mol. The van der Waals surface area contributed by atoms with Crippen LogP contribution in [0.15, 0.2) is 48.5 Å². The molecule has 0 saturated heterocycles. The predicted octanol–water partition coefficient (Wildman–Crippen LogP) is 3.94. The molecule has 4 nitrogen and oxygen atoms in total. The van der Waals surface area contributed by atoms with Gasteiger partial charge in [0, 0.05) is 6.54 Å². The Balaban J connectivity index is 1.82. The minimum absolute atomic E-state index is 0.0960. The SMILES string of the molecule is Cc1ccc(F)c(NC(=O)N(Cc2ccccc2)C(CO)C2CC2)c1. The fraction of sp³-hybridized carbons (Fsp3) is 0.350. The van der Waals surface area contributed by atoms with Crippen LogP contribution in [0.3, 0.4) is 0 Å². The lowest BCUT2D eigenvalue weighted by Crippen LogP contribution is -2.45. The number of aliphatic hydroxyl groups excluding tert-OH is 1. The minimum atomic E-state index is -0.467. The van der Waals surface area contributed by atoms with Gasteiger partial charge in [-0.3, -0.25) is 0 Å². The Hall–Kier alpha value is -2.40. The van der Waals surface area contributed by atoms with Gasteiger partial charge >= 0.3 is 6.03 Å². The van der Waals surface area contributed by atoms with Gasteiger partial charge in [0.2, 0.25) is 0 Å². The van der Waals surface area contributed by atoms with Gasteiger partial charge in [-0.2, -0.15) is 0 Å². The van der Waals surface area contributed by atoms with Crippen molar-refractivity contribution in [2.45, 2.75) is 32.4 Å². The smallest absolute Gasteiger partial charge is 0.322 e. The molecular weight excluding hydrogens is 319 g/mol. The van der Waals surface area contributed by atoms with Crippen molar-refractivity contribution in [3.63, 3.8) is 0 Å². The van der Waals surface area contributed by atoms with Crippen LogP contribution in [-0.4, -0.2) is 28.7 Å². The number of rotatable bonds is 6. The summed E-state index contributed by atoms with van der Waals surface area (Å²) in [7, 11) is 0. The Kier molecular flexibility index (Phi) is 5.34. The maximum absolute atomic E-state index is 14.0. The van der Waals surface area contributed by atoms with Crippen molar-refractivity contribution in [3.8, 4) is 0 Å². The number of hydrogen-bond acceptors (Lipinski definition) is 2. The molecule has 0 radical (unpaired) electrons. The summed E-state index contributed by atoms with van der Waals surface area (Å²) in [6.07, 6.45) is 2.01. The highest BCUT2D eigenvalue weighted by Crippen LogP contribution is 2.36. The van der Waals surface area contributed by atoms with Gasteiger partial charge in [0.25, 0.3) is 0 Å². The van der Waals surface area contributed by atoms with E-state index in [0.29, 0.717) is 12.5 Å². The minimum Gasteiger partial charge on any atom is -0.394 e. The summed E-state index contributed by atoms with van der Waals surface area (Å²) in [5.74, 6) is -0.160. The molecule has 132 valence electrons. The van der Waals surface area contributed by atoms with Gasteiger partial charge in [-0.1, -0.05) is 36.4 Å². The van der Waals surface area contributed by atoms with E-state index in [4.69, 9.17) is 0 Å². The fourth-order valence-corrected chi connectivity index (χ4v) is 3.02. The van der Waals surface area contributed by atoms with Crippen LogP contribution in [0.25, 0.3) is 0 Å². The van der Waals surface area contributed by atoms with Crippen molar-refractivity contribution in [1.82, 2.24) is 4.90 Å². The third-order valence-corrected chi connectivity index (χ3v) is 4.57. The molecule has 5 heteroatoms. The molecule has 1 atom stereocenters. The molecule has 1 aliphatic carbocycles. The van der Waals surface area contributed by atoms with Crippen LogP contribution >= 0.6 is 0 Å². The third-order valence-electron chi connectivity index (χ3n) is 4.57. The van der Waals surface area contributed by atoms with E-state index >= 15 is 0 Å². The van der Waals surface area contributed by atoms with E-state index in [0.717, 1.165) is 24.0 Å². The Morgan fingerprint density at radius 1 is 1.28 bits per heavy atom. The van der Waals surface area contributed by atoms with Gasteiger partial charge in [0.05, 0.1) is 18.3 Å². The number of aliphatic hydroxyl groups is 1. The Bertz CT molecular complexity index is 732. The summed E-state index contributed by atoms with van der Waals surface area (Å²) in [4.78, 5) is 14.5. The number of amides is 2. The standard InChI is InChI=1S/C20H23FN2O2/c1-14-7-10-17(21)18(11-14)22-20(25)23(19(13-24)16-8-9-16)12-15-5-3-2-4-6-15/h2-7,10-11,16,19,24H,8-9,12-13H2,1H3,(H,22,25). The number of nitrogens with one attached hydrogen (secondary N) is 1. The van der Waals surface area contributed by atoms with Crippen LogP contribution in [0.5, 0.6) is 0 Å². The molecule has 1 saturated carbocycles. The fourth-order valence-electron chi connectivity index (χ4n) is 3.02. The molecule has 0 aliphatic heterocycles. The maximum atomic E-state index is 14.0. The van der Waals surface area contributed by atoms with Gasteiger partial charge in [0.1, 0.15) is 5.82 Å². The van der Waals surface area contributed by atoms with E-state index in [1.807, 2.05) is 37.3 Å². The molecule has 1 unspecified atom stereocenters. The number of aryl methyl sites for hydroxylation is 1. The van der Waals surface area contributed by atoms with E-state index in [1.165, 1.54) is 6.07 Å². The number of anilines is 1.